The predicted molar refractivity (Wildman–Crippen MR) is 297 cm³/mol. The number of aryl methyl sites for hydroxylation is 4. The smallest absolute Gasteiger partial charge is 0.321 e. The van der Waals surface area contributed by atoms with Gasteiger partial charge >= 0.3 is 5.97 Å². The van der Waals surface area contributed by atoms with E-state index in [-0.39, 0.29) is 104 Å². The molecule has 430 valence electrons. The van der Waals surface area contributed by atoms with Crippen molar-refractivity contribution in [1.29, 1.82) is 0 Å². The number of likely N-dealkylation sites (N-methyl/N-ethyl adjacent to an activating group) is 1. The zero-order valence-electron chi connectivity index (χ0n) is 45.7. The predicted octanol–water partition coefficient (Wildman–Crippen LogP) is 1.80. The molecule has 1 aliphatic rings. The second-order valence-corrected chi connectivity index (χ2v) is 20.2. The Morgan fingerprint density at radius 3 is 1.84 bits per heavy atom. The van der Waals surface area contributed by atoms with Crippen LogP contribution in [-0.2, 0) is 50.2 Å². The van der Waals surface area contributed by atoms with Gasteiger partial charge in [-0.05, 0) is 77.4 Å². The van der Waals surface area contributed by atoms with Crippen molar-refractivity contribution in [1.82, 2.24) is 53.8 Å². The number of nitrogens with zero attached hydrogens (tertiary/aromatic N) is 10. The Balaban J connectivity index is 1.10. The molecule has 29 heteroatoms. The van der Waals surface area contributed by atoms with Crippen LogP contribution in [0.4, 0.5) is 11.9 Å². The van der Waals surface area contributed by atoms with Gasteiger partial charge in [-0.15, -0.1) is 11.8 Å². The topological polar surface area (TPSA) is 384 Å². The number of likely N-dealkylation sites (tertiary alicyclic amines) is 1. The number of aromatic nitrogens is 8. The monoisotopic (exact) mass is 1140 g/mol. The number of hydrogen-bond donors (Lipinski definition) is 7. The van der Waals surface area contributed by atoms with E-state index in [1.165, 1.54) is 50.2 Å². The molecule has 3 unspecified atom stereocenters. The summed E-state index contributed by atoms with van der Waals surface area (Å²) in [5.74, 6) is -5.30. The fourth-order valence-electron chi connectivity index (χ4n) is 9.01. The summed E-state index contributed by atoms with van der Waals surface area (Å²) < 4.78 is 18.5. The van der Waals surface area contributed by atoms with Gasteiger partial charge in [0.1, 0.15) is 46.0 Å². The molecule has 81 heavy (non-hydrogen) atoms. The third kappa shape index (κ3) is 13.7. The van der Waals surface area contributed by atoms with Crippen LogP contribution in [0.2, 0.25) is 0 Å². The summed E-state index contributed by atoms with van der Waals surface area (Å²) in [5, 5.41) is 25.4. The molecule has 8 amide bonds. The number of rotatable bonds is 27. The maximum absolute atomic E-state index is 14.0. The molecule has 4 aromatic heterocycles. The van der Waals surface area contributed by atoms with Crippen molar-refractivity contribution < 1.29 is 57.7 Å². The van der Waals surface area contributed by atoms with Gasteiger partial charge in [-0.1, -0.05) is 12.2 Å². The molecule has 0 radical (unpaired) electrons. The minimum atomic E-state index is -1.24. The molecule has 3 atom stereocenters. The van der Waals surface area contributed by atoms with E-state index in [2.05, 4.69) is 31.1 Å². The first-order valence-corrected chi connectivity index (χ1v) is 26.8. The van der Waals surface area contributed by atoms with Gasteiger partial charge in [0.25, 0.3) is 11.8 Å². The number of benzene rings is 2. The highest BCUT2D eigenvalue weighted by atomic mass is 32.2. The van der Waals surface area contributed by atoms with Crippen molar-refractivity contribution in [3.8, 4) is 11.5 Å². The fraction of sp³-hybridized carbons (Fsp3) is 0.404. The minimum Gasteiger partial charge on any atom is -0.494 e. The number of methoxy groups -OCH3 is 1. The molecule has 1 saturated heterocycles. The van der Waals surface area contributed by atoms with Crippen molar-refractivity contribution in [2.45, 2.75) is 97.4 Å². The summed E-state index contributed by atoms with van der Waals surface area (Å²) in [4.78, 5) is 127. The molecule has 6 aromatic rings. The Hall–Kier alpha value is -9.12. The van der Waals surface area contributed by atoms with E-state index < -0.39 is 70.6 Å². The lowest BCUT2D eigenvalue weighted by atomic mass is 10.1. The minimum absolute atomic E-state index is 0.00707. The Morgan fingerprint density at radius 1 is 0.827 bits per heavy atom. The first-order valence-electron chi connectivity index (χ1n) is 25.7. The van der Waals surface area contributed by atoms with Gasteiger partial charge in [0, 0.05) is 76.0 Å². The zero-order chi connectivity index (χ0) is 59.0. The van der Waals surface area contributed by atoms with E-state index in [1.807, 2.05) is 13.8 Å². The third-order valence-corrected chi connectivity index (χ3v) is 14.4. The summed E-state index contributed by atoms with van der Waals surface area (Å²) in [6, 6.07) is 6.96. The lowest BCUT2D eigenvalue weighted by Crippen LogP contribution is -2.46. The van der Waals surface area contributed by atoms with E-state index in [1.54, 1.807) is 56.6 Å². The van der Waals surface area contributed by atoms with Crippen molar-refractivity contribution in [2.24, 2.45) is 17.2 Å². The van der Waals surface area contributed by atoms with Gasteiger partial charge in [0.15, 0.2) is 0 Å². The Bertz CT molecular complexity index is 3490. The van der Waals surface area contributed by atoms with Crippen LogP contribution in [0, 0.1) is 13.8 Å². The number of hydrogen-bond acceptors (Lipinski definition) is 17. The molecule has 28 nitrogen and oxygen atoms in total. The summed E-state index contributed by atoms with van der Waals surface area (Å²) in [5.41, 5.74) is 20.3. The fourth-order valence-corrected chi connectivity index (χ4v) is 10.1. The van der Waals surface area contributed by atoms with E-state index in [0.717, 1.165) is 16.7 Å². The summed E-state index contributed by atoms with van der Waals surface area (Å²) in [6.45, 7) is 9.56. The second-order valence-electron chi connectivity index (χ2n) is 18.9. The Kier molecular flexibility index (Phi) is 18.9. The SMILES string of the molecule is CCn1nc(C)cc1C(=O)Nc1nc2cc(C(N)=O)cc(OC)c2n1C/C=C/Cn1c(NC(=O)c2cc(C)nn2CC)nc2cc(C(N)=O)cc(OCCCN(C)C(=O)C(C)NC(=O)CCN3C(=O)CC(SCC(N)C(=O)O)C3=O)c21. The number of carbonyl (C=O) groups excluding carboxylic acids is 8. The van der Waals surface area contributed by atoms with Crippen molar-refractivity contribution in [3.63, 3.8) is 0 Å². The number of imidazole rings is 2. The number of anilines is 2. The Labute approximate surface area is 467 Å². The quantitative estimate of drug-likeness (QED) is 0.0220. The number of ether oxygens (including phenoxy) is 2. The number of carboxylic acid groups (broad SMARTS) is 1. The summed E-state index contributed by atoms with van der Waals surface area (Å²) in [6.07, 6.45) is 3.37. The molecule has 1 aliphatic heterocycles. The molecule has 0 spiro atoms. The number of primary amides is 2. The number of carboxylic acids is 1. The lowest BCUT2D eigenvalue weighted by Gasteiger charge is -2.22. The zero-order valence-corrected chi connectivity index (χ0v) is 46.5. The third-order valence-electron chi connectivity index (χ3n) is 13.0. The highest BCUT2D eigenvalue weighted by molar-refractivity contribution is 8.00. The standard InChI is InChI=1S/C52H64N16O12S/c1-8-67-35(19-27(3)61-67)46(73)59-51-57-33-21-30(44(54)71)23-37(79-7)42(33)65(51)15-10-11-16-66-43-34(58-52(66)60-47(74)36-20-28(4)62-68(36)9-2)22-31(45(55)72)24-38(43)80-18-12-14-63(6)48(75)29(5)56-40(69)13-17-64-41(70)25-39(49(64)76)81-26-32(53)50(77)78/h10-11,19-24,29,32,39H,8-9,12-18,25-26,53H2,1-7H3,(H2,54,71)(H2,55,72)(H,56,69)(H,77,78)(H,57,59,73)(H,58,60,74)/b11-10+. The number of allylic oxidation sites excluding steroid dienone is 2. The van der Waals surface area contributed by atoms with E-state index in [9.17, 15) is 43.2 Å². The van der Waals surface area contributed by atoms with Gasteiger partial charge in [0.2, 0.25) is 47.3 Å². The van der Waals surface area contributed by atoms with Gasteiger partial charge in [-0.25, -0.2) is 9.97 Å². The number of nitrogens with one attached hydrogen (secondary N) is 3. The molecule has 0 aliphatic carbocycles. The first kappa shape index (κ1) is 59.5. The summed E-state index contributed by atoms with van der Waals surface area (Å²) in [7, 11) is 2.96. The van der Waals surface area contributed by atoms with Crippen LogP contribution >= 0.6 is 11.8 Å². The van der Waals surface area contributed by atoms with Crippen molar-refractivity contribution >= 4 is 99.0 Å². The van der Waals surface area contributed by atoms with Crippen LogP contribution in [-0.4, -0.2) is 164 Å². The van der Waals surface area contributed by atoms with Crippen LogP contribution in [0.1, 0.15) is 93.1 Å². The number of aliphatic carboxylic acids is 1. The maximum atomic E-state index is 14.0. The molecule has 1 fully saturated rings. The molecule has 5 heterocycles. The van der Waals surface area contributed by atoms with Crippen LogP contribution in [0.15, 0.2) is 48.6 Å². The van der Waals surface area contributed by atoms with Crippen LogP contribution in [0.3, 0.4) is 0 Å². The molecule has 10 N–H and O–H groups in total. The Morgan fingerprint density at radius 2 is 1.35 bits per heavy atom. The second kappa shape index (κ2) is 25.8. The van der Waals surface area contributed by atoms with E-state index in [4.69, 9.17) is 36.8 Å². The molecule has 0 saturated carbocycles. The number of fused-ring (bicyclic) bond motifs is 2. The molecule has 0 bridgehead atoms. The number of imide groups is 1. The van der Waals surface area contributed by atoms with Gasteiger partial charge in [0.05, 0.1) is 41.4 Å². The first-order chi connectivity index (χ1) is 38.5. The van der Waals surface area contributed by atoms with E-state index >= 15 is 0 Å². The van der Waals surface area contributed by atoms with Crippen LogP contribution in [0.5, 0.6) is 11.5 Å². The maximum Gasteiger partial charge on any atom is 0.321 e. The average molecular weight is 1140 g/mol. The van der Waals surface area contributed by atoms with Gasteiger partial charge in [-0.2, -0.15) is 10.2 Å². The summed E-state index contributed by atoms with van der Waals surface area (Å²) >= 11 is 0.964. The van der Waals surface area contributed by atoms with Gasteiger partial charge < -0.3 is 51.1 Å². The largest absolute Gasteiger partial charge is 0.494 e. The van der Waals surface area contributed by atoms with E-state index in [0.29, 0.717) is 46.7 Å². The van der Waals surface area contributed by atoms with Crippen LogP contribution < -0.4 is 42.6 Å². The number of thioether (sulfide) groups is 1. The molecular formula is C52H64N16O12S. The molecular weight excluding hydrogens is 1070 g/mol. The molecule has 2 aromatic carbocycles. The molecule has 7 rings (SSSR count). The lowest BCUT2D eigenvalue weighted by molar-refractivity contribution is -0.140. The average Bonchev–Trinajstić information content (AvgIpc) is 4.28. The normalized spacial score (nSPS) is 14.2. The number of carbonyl (C=O) groups is 9. The van der Waals surface area contributed by atoms with Gasteiger partial charge in [-0.3, -0.25) is 68.0 Å². The highest BCUT2D eigenvalue weighted by Crippen LogP contribution is 2.34. The van der Waals surface area contributed by atoms with Crippen molar-refractivity contribution in [3.05, 3.63) is 82.5 Å². The van der Waals surface area contributed by atoms with Crippen LogP contribution in [0.25, 0.3) is 22.1 Å². The number of nitrogens with two attached hydrogens (primary N) is 3. The number of amides is 8. The van der Waals surface area contributed by atoms with Crippen molar-refractivity contribution in [2.75, 3.05) is 50.2 Å². The highest BCUT2D eigenvalue weighted by Gasteiger charge is 2.39.